The molecule has 0 heterocycles. The molecule has 0 bridgehead atoms. The molecule has 0 aliphatic carbocycles. The molecule has 20 heteroatoms. The molecule has 4 unspecified atom stereocenters. The van der Waals surface area contributed by atoms with Gasteiger partial charge < -0.3 is 68.2 Å². The fourth-order valence-corrected chi connectivity index (χ4v) is 3.74. The summed E-state index contributed by atoms with van der Waals surface area (Å²) in [6, 6.07) is 0. The molecular formula is C49H132O20. The molecule has 8 N–H and O–H groups in total. The fourth-order valence-electron chi connectivity index (χ4n) is 3.74. The van der Waals surface area contributed by atoms with Crippen molar-refractivity contribution in [3.05, 3.63) is 39.5 Å². The Balaban J connectivity index is -0.0000000581. The monoisotopic (exact) mass is 1040 g/mol. The van der Waals surface area contributed by atoms with Crippen molar-refractivity contribution < 1.29 is 98.6 Å². The molecule has 0 radical (unpaired) electrons. The van der Waals surface area contributed by atoms with Crippen molar-refractivity contribution in [2.24, 2.45) is 5.41 Å². The summed E-state index contributed by atoms with van der Waals surface area (Å²) in [5, 5.41) is 72.5. The first-order chi connectivity index (χ1) is 26.0. The van der Waals surface area contributed by atoms with Gasteiger partial charge in [-0.3, -0.25) is 15.8 Å². The summed E-state index contributed by atoms with van der Waals surface area (Å²) < 4.78 is 50.7. The van der Waals surface area contributed by atoms with E-state index in [1.807, 2.05) is 0 Å². The summed E-state index contributed by atoms with van der Waals surface area (Å²) in [6.45, 7) is 15.9. The van der Waals surface area contributed by atoms with Crippen molar-refractivity contribution in [3.8, 4) is 0 Å². The van der Waals surface area contributed by atoms with Gasteiger partial charge >= 0.3 is 0 Å². The van der Waals surface area contributed by atoms with Gasteiger partial charge in [-0.2, -0.15) is 0 Å². The van der Waals surface area contributed by atoms with E-state index in [0.29, 0.717) is 0 Å². The van der Waals surface area contributed by atoms with Gasteiger partial charge in [0, 0.05) is 0 Å². The molecule has 20 nitrogen and oxygen atoms in total. The van der Waals surface area contributed by atoms with Crippen LogP contribution in [0.2, 0.25) is 0 Å². The topological polar surface area (TPSA) is 273 Å². The first-order valence-corrected chi connectivity index (χ1v) is 16.7. The minimum absolute atomic E-state index is 0. The van der Waals surface area contributed by atoms with Crippen molar-refractivity contribution >= 4 is 0 Å². The van der Waals surface area contributed by atoms with Crippen LogP contribution >= 0.6 is 0 Å². The maximum absolute atomic E-state index is 9.27. The van der Waals surface area contributed by atoms with E-state index in [1.54, 1.807) is 0 Å². The van der Waals surface area contributed by atoms with Crippen LogP contribution in [0.4, 0.5) is 0 Å². The standard InChI is InChI=1S/C27H56O20.3C2H4.16CH4/c28-1-6-36-11-23(43-9-4-31)13-39-19-27(22-42-17-26(47-35)18-45-33,21-41-16-25(46-34)15-38-8-3-30)20-40-14-24(44-10-5-32)12-37-7-2-29;3*1-2;;;;;;;;;;;;;;;;/h23-26,28-35H,1-22H2;3*1-2H2;16*1H4. The molecule has 0 aromatic carbocycles. The van der Waals surface area contributed by atoms with E-state index in [0.717, 1.165) is 0 Å². The predicted octanol–water partition coefficient (Wildman–Crippen LogP) is 9.61. The molecule has 0 aliphatic heterocycles. The van der Waals surface area contributed by atoms with Crippen LogP contribution in [0.15, 0.2) is 39.5 Å². The maximum atomic E-state index is 9.27. The zero-order valence-electron chi connectivity index (χ0n) is 31.1. The van der Waals surface area contributed by atoms with E-state index < -0.39 is 36.4 Å². The zero-order chi connectivity index (χ0) is 40.9. The van der Waals surface area contributed by atoms with Crippen LogP contribution in [0.3, 0.4) is 0 Å². The minimum atomic E-state index is -1.10. The molecule has 4 atom stereocenters. The van der Waals surface area contributed by atoms with Gasteiger partial charge in [-0.25, -0.2) is 14.7 Å². The lowest BCUT2D eigenvalue weighted by molar-refractivity contribution is -0.333. The largest absolute Gasteiger partial charge is 0.394 e. The summed E-state index contributed by atoms with van der Waals surface area (Å²) in [5.74, 6) is 0. The molecule has 69 heavy (non-hydrogen) atoms. The summed E-state index contributed by atoms with van der Waals surface area (Å²) in [5.41, 5.74) is -1.10. The third-order valence-electron chi connectivity index (χ3n) is 5.91. The van der Waals surface area contributed by atoms with Gasteiger partial charge in [0.2, 0.25) is 0 Å². The molecule has 0 fully saturated rings. The second-order valence-electron chi connectivity index (χ2n) is 10.1. The second-order valence-corrected chi connectivity index (χ2v) is 10.1. The number of ether oxygens (including phenoxy) is 9. The van der Waals surface area contributed by atoms with E-state index >= 15 is 0 Å². The SMILES string of the molecule is C.C.C.C.C.C.C.C.C.C.C.C.C.C.C.C.C=C.C=C.C=C.OCCOCC(COCC(COCC(COO)OO)(COCC(COCCO)OCCO)COCC(COCCO)OCCO)OO. The molecule has 0 aromatic rings. The highest BCUT2D eigenvalue weighted by Gasteiger charge is 2.34. The molecule has 0 saturated heterocycles. The van der Waals surface area contributed by atoms with E-state index in [2.05, 4.69) is 54.1 Å². The third kappa shape index (κ3) is 86.6. The Labute approximate surface area is 431 Å². The van der Waals surface area contributed by atoms with Gasteiger partial charge in [-0.15, -0.1) is 39.5 Å². The Morgan fingerprint density at radius 3 is 0.710 bits per heavy atom. The molecule has 0 rings (SSSR count). The van der Waals surface area contributed by atoms with Gasteiger partial charge in [-0.1, -0.05) is 119 Å². The van der Waals surface area contributed by atoms with Crippen LogP contribution in [0.5, 0.6) is 0 Å². The van der Waals surface area contributed by atoms with Crippen molar-refractivity contribution in [1.82, 2.24) is 0 Å². The van der Waals surface area contributed by atoms with Crippen LogP contribution in [-0.4, -0.2) is 211 Å². The van der Waals surface area contributed by atoms with Gasteiger partial charge in [0.1, 0.15) is 31.0 Å². The smallest absolute Gasteiger partial charge is 0.142 e. The molecule has 0 spiro atoms. The Morgan fingerprint density at radius 2 is 0.493 bits per heavy atom. The molecular weight excluding hydrogens is 909 g/mol. The van der Waals surface area contributed by atoms with Crippen LogP contribution in [0.1, 0.15) is 119 Å². The van der Waals surface area contributed by atoms with Crippen molar-refractivity contribution in [3.63, 3.8) is 0 Å². The highest BCUT2D eigenvalue weighted by Crippen LogP contribution is 2.22. The van der Waals surface area contributed by atoms with E-state index in [9.17, 15) is 15.5 Å². The predicted molar refractivity (Wildman–Crippen MR) is 298 cm³/mol. The first kappa shape index (κ1) is 132. The Bertz CT molecular complexity index is 661. The molecule has 0 amide bonds. The molecule has 448 valence electrons. The number of aliphatic hydroxyl groups excluding tert-OH is 5. The Hall–Kier alpha value is -1.58. The summed E-state index contributed by atoms with van der Waals surface area (Å²) in [7, 11) is 0. The fraction of sp³-hybridized carbons (Fsp3) is 0.878. The van der Waals surface area contributed by atoms with Gasteiger partial charge in [0.25, 0.3) is 0 Å². The van der Waals surface area contributed by atoms with E-state index in [4.69, 9.17) is 68.5 Å². The lowest BCUT2D eigenvalue weighted by Crippen LogP contribution is -2.45. The lowest BCUT2D eigenvalue weighted by Gasteiger charge is -2.34. The van der Waals surface area contributed by atoms with Crippen molar-refractivity contribution in [1.29, 1.82) is 0 Å². The van der Waals surface area contributed by atoms with Gasteiger partial charge in [0.15, 0.2) is 0 Å². The summed E-state index contributed by atoms with van der Waals surface area (Å²) in [6.07, 6.45) is -3.18. The maximum Gasteiger partial charge on any atom is 0.142 e. The number of hydrogen-bond acceptors (Lipinski definition) is 20. The molecule has 0 aliphatic rings. The third-order valence-corrected chi connectivity index (χ3v) is 5.91. The number of hydrogen-bond donors (Lipinski definition) is 8. The van der Waals surface area contributed by atoms with Crippen LogP contribution < -0.4 is 0 Å². The lowest BCUT2D eigenvalue weighted by atomic mass is 9.92. The van der Waals surface area contributed by atoms with Crippen molar-refractivity contribution in [2.75, 3.05) is 145 Å². The normalized spacial score (nSPS) is 11.0. The summed E-state index contributed by atoms with van der Waals surface area (Å²) >= 11 is 0. The first-order valence-electron chi connectivity index (χ1n) is 16.7. The highest BCUT2D eigenvalue weighted by molar-refractivity contribution is 4.81. The van der Waals surface area contributed by atoms with E-state index in [-0.39, 0.29) is 258 Å². The molecule has 0 saturated carbocycles. The Morgan fingerprint density at radius 1 is 0.290 bits per heavy atom. The zero-order valence-corrected chi connectivity index (χ0v) is 31.1. The van der Waals surface area contributed by atoms with E-state index in [1.165, 1.54) is 0 Å². The second kappa shape index (κ2) is 112. The molecule has 0 aromatic heterocycles. The van der Waals surface area contributed by atoms with Crippen LogP contribution in [0, 0.1) is 5.41 Å². The highest BCUT2D eigenvalue weighted by atomic mass is 17.1. The number of aliphatic hydroxyl groups is 5. The van der Waals surface area contributed by atoms with Gasteiger partial charge in [0.05, 0.1) is 144 Å². The Kier molecular flexibility index (Phi) is 214. The number of rotatable bonds is 38. The minimum Gasteiger partial charge on any atom is -0.394 e. The van der Waals surface area contributed by atoms with Crippen LogP contribution in [0.25, 0.3) is 0 Å². The van der Waals surface area contributed by atoms with Crippen LogP contribution in [-0.2, 0) is 57.3 Å². The summed E-state index contributed by atoms with van der Waals surface area (Å²) in [4.78, 5) is 12.7. The average Bonchev–Trinajstić information content (AvgIpc) is 3.20. The average molecular weight is 1040 g/mol. The quantitative estimate of drug-likeness (QED) is 0.0124. The van der Waals surface area contributed by atoms with Gasteiger partial charge in [-0.05, 0) is 0 Å². The van der Waals surface area contributed by atoms with Crippen molar-refractivity contribution in [2.45, 2.75) is 143 Å².